The molecule has 4 rings (SSSR count). The highest BCUT2D eigenvalue weighted by atomic mass is 16.5. The van der Waals surface area contributed by atoms with Crippen LogP contribution < -0.4 is 20.1 Å². The van der Waals surface area contributed by atoms with Gasteiger partial charge in [-0.3, -0.25) is 9.59 Å². The first-order chi connectivity index (χ1) is 16.1. The quantitative estimate of drug-likeness (QED) is 0.420. The van der Waals surface area contributed by atoms with E-state index in [-0.39, 0.29) is 24.1 Å². The molecule has 168 valence electrons. The summed E-state index contributed by atoms with van der Waals surface area (Å²) in [7, 11) is 3.05. The van der Waals surface area contributed by atoms with Crippen LogP contribution in [0.5, 0.6) is 11.5 Å². The summed E-state index contributed by atoms with van der Waals surface area (Å²) in [5.74, 6) is 0.936. The number of ether oxygens (including phenoxy) is 2. The van der Waals surface area contributed by atoms with Gasteiger partial charge in [0.1, 0.15) is 18.0 Å². The number of benzene rings is 2. The first kappa shape index (κ1) is 21.6. The smallest absolute Gasteiger partial charge is 0.291 e. The number of hydrogen-bond acceptors (Lipinski definition) is 8. The molecule has 0 saturated heterocycles. The van der Waals surface area contributed by atoms with Crippen molar-refractivity contribution in [1.29, 1.82) is 0 Å². The number of hydrogen-bond donors (Lipinski definition) is 2. The molecule has 11 nitrogen and oxygen atoms in total. The average molecular weight is 448 g/mol. The lowest BCUT2D eigenvalue weighted by atomic mass is 10.2. The van der Waals surface area contributed by atoms with Gasteiger partial charge < -0.3 is 24.5 Å². The van der Waals surface area contributed by atoms with Crippen molar-refractivity contribution in [1.82, 2.24) is 20.2 Å². The Morgan fingerprint density at radius 2 is 1.85 bits per heavy atom. The number of amides is 2. The molecule has 33 heavy (non-hydrogen) atoms. The second-order valence-electron chi connectivity index (χ2n) is 6.77. The normalized spacial score (nSPS) is 10.5. The number of tetrazole rings is 1. The zero-order chi connectivity index (χ0) is 23.2. The molecule has 0 aliphatic carbocycles. The highest BCUT2D eigenvalue weighted by Gasteiger charge is 2.13. The predicted molar refractivity (Wildman–Crippen MR) is 118 cm³/mol. The number of nitrogens with one attached hydrogen (secondary N) is 2. The Bertz CT molecular complexity index is 1250. The maximum atomic E-state index is 12.4. The Balaban J connectivity index is 1.37. The van der Waals surface area contributed by atoms with Crippen LogP contribution in [0.2, 0.25) is 0 Å². The molecule has 0 aliphatic heterocycles. The minimum absolute atomic E-state index is 0.139. The Morgan fingerprint density at radius 1 is 1.03 bits per heavy atom. The summed E-state index contributed by atoms with van der Waals surface area (Å²) >= 11 is 0. The lowest BCUT2D eigenvalue weighted by Crippen LogP contribution is -2.20. The molecule has 2 aromatic carbocycles. The van der Waals surface area contributed by atoms with Crippen molar-refractivity contribution in [2.24, 2.45) is 0 Å². The third kappa shape index (κ3) is 5.15. The molecule has 0 fully saturated rings. The van der Waals surface area contributed by atoms with Crippen LogP contribution in [0.4, 0.5) is 11.4 Å². The van der Waals surface area contributed by atoms with E-state index in [1.807, 2.05) is 0 Å². The van der Waals surface area contributed by atoms with Crippen LogP contribution >= 0.6 is 0 Å². The van der Waals surface area contributed by atoms with Gasteiger partial charge in [0, 0.05) is 17.3 Å². The van der Waals surface area contributed by atoms with Gasteiger partial charge in [0.2, 0.25) is 11.7 Å². The van der Waals surface area contributed by atoms with Crippen LogP contribution in [0.25, 0.3) is 11.4 Å². The summed E-state index contributed by atoms with van der Waals surface area (Å²) < 4.78 is 15.5. The number of nitrogens with zero attached hydrogens (tertiary/aromatic N) is 4. The first-order valence-corrected chi connectivity index (χ1v) is 9.80. The second kappa shape index (κ2) is 9.64. The second-order valence-corrected chi connectivity index (χ2v) is 6.77. The zero-order valence-corrected chi connectivity index (χ0v) is 17.8. The highest BCUT2D eigenvalue weighted by molar-refractivity contribution is 6.02. The molecule has 0 bridgehead atoms. The maximum absolute atomic E-state index is 12.4. The molecular formula is C22H20N6O5. The van der Waals surface area contributed by atoms with E-state index in [4.69, 9.17) is 13.9 Å². The van der Waals surface area contributed by atoms with Gasteiger partial charge in [-0.05, 0) is 53.7 Å². The fraction of sp³-hybridized carbons (Fsp3) is 0.136. The van der Waals surface area contributed by atoms with Gasteiger partial charge in [-0.2, -0.15) is 4.80 Å². The number of carbonyl (C=O) groups excluding carboxylic acids is 2. The van der Waals surface area contributed by atoms with E-state index >= 15 is 0 Å². The van der Waals surface area contributed by atoms with E-state index in [2.05, 4.69) is 26.0 Å². The van der Waals surface area contributed by atoms with E-state index < -0.39 is 0 Å². The largest absolute Gasteiger partial charge is 0.497 e. The molecule has 11 heteroatoms. The van der Waals surface area contributed by atoms with Crippen molar-refractivity contribution in [2.45, 2.75) is 6.54 Å². The van der Waals surface area contributed by atoms with Crippen LogP contribution in [-0.2, 0) is 11.3 Å². The molecule has 0 atom stereocenters. The van der Waals surface area contributed by atoms with Crippen LogP contribution in [0.1, 0.15) is 10.6 Å². The molecule has 0 radical (unpaired) electrons. The lowest BCUT2D eigenvalue weighted by Gasteiger charge is -2.11. The number of rotatable bonds is 8. The summed E-state index contributed by atoms with van der Waals surface area (Å²) in [6.07, 6.45) is 1.43. The number of anilines is 2. The van der Waals surface area contributed by atoms with Gasteiger partial charge in [-0.1, -0.05) is 0 Å². The summed E-state index contributed by atoms with van der Waals surface area (Å²) in [5, 5.41) is 17.6. The fourth-order valence-corrected chi connectivity index (χ4v) is 2.95. The van der Waals surface area contributed by atoms with Gasteiger partial charge in [0.15, 0.2) is 5.76 Å². The van der Waals surface area contributed by atoms with Gasteiger partial charge in [-0.15, -0.1) is 10.2 Å². The molecule has 0 spiro atoms. The maximum Gasteiger partial charge on any atom is 0.291 e. The Labute approximate surface area is 188 Å². The third-order valence-electron chi connectivity index (χ3n) is 4.57. The molecule has 2 amide bonds. The molecule has 2 heterocycles. The highest BCUT2D eigenvalue weighted by Crippen LogP contribution is 2.29. The topological polar surface area (TPSA) is 133 Å². The first-order valence-electron chi connectivity index (χ1n) is 9.80. The molecule has 0 aliphatic rings. The minimum atomic E-state index is -0.351. The fourth-order valence-electron chi connectivity index (χ4n) is 2.95. The van der Waals surface area contributed by atoms with Crippen molar-refractivity contribution in [3.8, 4) is 22.9 Å². The van der Waals surface area contributed by atoms with Crippen molar-refractivity contribution < 1.29 is 23.5 Å². The Morgan fingerprint density at radius 3 is 2.55 bits per heavy atom. The van der Waals surface area contributed by atoms with E-state index in [0.717, 1.165) is 0 Å². The monoisotopic (exact) mass is 448 g/mol. The summed E-state index contributed by atoms with van der Waals surface area (Å²) in [5.41, 5.74) is 1.76. The standard InChI is InChI=1S/C22H20N6O5/c1-31-16-9-10-17(19(12-16)32-2)24-20(29)13-28-26-21(25-27-28)14-5-7-15(8-6-14)23-22(30)18-4-3-11-33-18/h3-12H,13H2,1-2H3,(H,23,30)(H,24,29). The van der Waals surface area contributed by atoms with E-state index in [1.54, 1.807) is 61.7 Å². The van der Waals surface area contributed by atoms with E-state index in [1.165, 1.54) is 18.2 Å². The molecule has 0 unspecified atom stereocenters. The lowest BCUT2D eigenvalue weighted by molar-refractivity contribution is -0.117. The van der Waals surface area contributed by atoms with Crippen molar-refractivity contribution in [3.05, 3.63) is 66.6 Å². The van der Waals surface area contributed by atoms with Gasteiger partial charge in [0.25, 0.3) is 5.91 Å². The van der Waals surface area contributed by atoms with Gasteiger partial charge in [-0.25, -0.2) is 0 Å². The van der Waals surface area contributed by atoms with Crippen molar-refractivity contribution in [2.75, 3.05) is 24.9 Å². The summed E-state index contributed by atoms with van der Waals surface area (Å²) in [4.78, 5) is 25.7. The molecule has 2 aromatic heterocycles. The van der Waals surface area contributed by atoms with Gasteiger partial charge >= 0.3 is 0 Å². The van der Waals surface area contributed by atoms with Crippen molar-refractivity contribution >= 4 is 23.2 Å². The summed E-state index contributed by atoms with van der Waals surface area (Å²) in [6, 6.07) is 15.2. The Hall–Kier alpha value is -4.67. The predicted octanol–water partition coefficient (Wildman–Crippen LogP) is 2.84. The van der Waals surface area contributed by atoms with E-state index in [0.29, 0.717) is 34.3 Å². The number of aromatic nitrogens is 4. The van der Waals surface area contributed by atoms with Gasteiger partial charge in [0.05, 0.1) is 26.2 Å². The van der Waals surface area contributed by atoms with Crippen molar-refractivity contribution in [3.63, 3.8) is 0 Å². The molecule has 2 N–H and O–H groups in total. The van der Waals surface area contributed by atoms with Crippen LogP contribution in [0, 0.1) is 0 Å². The molecular weight excluding hydrogens is 428 g/mol. The Kier molecular flexibility index (Phi) is 6.30. The SMILES string of the molecule is COc1ccc(NC(=O)Cn2nnc(-c3ccc(NC(=O)c4ccco4)cc3)n2)c(OC)c1. The van der Waals surface area contributed by atoms with Crippen LogP contribution in [-0.4, -0.2) is 46.2 Å². The number of furan rings is 1. The molecule has 4 aromatic rings. The van der Waals surface area contributed by atoms with Crippen LogP contribution in [0.3, 0.4) is 0 Å². The summed E-state index contributed by atoms with van der Waals surface area (Å²) in [6.45, 7) is -0.139. The molecule has 0 saturated carbocycles. The van der Waals surface area contributed by atoms with Crippen LogP contribution in [0.15, 0.2) is 65.3 Å². The average Bonchev–Trinajstić information content (AvgIpc) is 3.52. The minimum Gasteiger partial charge on any atom is -0.497 e. The van der Waals surface area contributed by atoms with E-state index in [9.17, 15) is 9.59 Å². The number of carbonyl (C=O) groups is 2. The third-order valence-corrected chi connectivity index (χ3v) is 4.57. The zero-order valence-electron chi connectivity index (χ0n) is 17.8. The number of methoxy groups -OCH3 is 2.